The summed E-state index contributed by atoms with van der Waals surface area (Å²) < 4.78 is 18.2. The molecular formula is C22H20BrNO4S2. The summed E-state index contributed by atoms with van der Waals surface area (Å²) >= 11 is 10.0. The largest absolute Gasteiger partial charge is 0.497 e. The summed E-state index contributed by atoms with van der Waals surface area (Å²) in [6.07, 6.45) is 3.45. The molecule has 0 aliphatic carbocycles. The van der Waals surface area contributed by atoms with Crippen LogP contribution in [0.4, 0.5) is 0 Å². The second kappa shape index (κ2) is 10.7. The fourth-order valence-electron chi connectivity index (χ4n) is 2.69. The summed E-state index contributed by atoms with van der Waals surface area (Å²) in [5.74, 6) is 1.97. The van der Waals surface area contributed by atoms with Crippen LogP contribution in [0.1, 0.15) is 5.56 Å². The minimum atomic E-state index is -0.128. The van der Waals surface area contributed by atoms with E-state index in [1.807, 2.05) is 42.5 Å². The number of thioether (sulfide) groups is 1. The highest BCUT2D eigenvalue weighted by Crippen LogP contribution is 2.35. The van der Waals surface area contributed by atoms with Gasteiger partial charge in [0.2, 0.25) is 0 Å². The molecular weight excluding hydrogens is 486 g/mol. The number of amides is 1. The predicted octanol–water partition coefficient (Wildman–Crippen LogP) is 5.30. The van der Waals surface area contributed by atoms with Crippen LogP contribution >= 0.6 is 39.9 Å². The van der Waals surface area contributed by atoms with Crippen LogP contribution < -0.4 is 14.2 Å². The Morgan fingerprint density at radius 3 is 2.70 bits per heavy atom. The number of methoxy groups -OCH3 is 1. The molecule has 30 heavy (non-hydrogen) atoms. The van der Waals surface area contributed by atoms with Gasteiger partial charge in [0.15, 0.2) is 0 Å². The molecule has 1 fully saturated rings. The lowest BCUT2D eigenvalue weighted by Crippen LogP contribution is -2.27. The number of carbonyl (C=O) groups excluding carboxylic acids is 1. The van der Waals surface area contributed by atoms with Gasteiger partial charge in [-0.3, -0.25) is 9.69 Å². The number of nitrogens with zero attached hydrogens (tertiary/aromatic N) is 1. The van der Waals surface area contributed by atoms with E-state index in [0.717, 1.165) is 15.8 Å². The number of halogens is 1. The van der Waals surface area contributed by atoms with Crippen molar-refractivity contribution in [3.63, 3.8) is 0 Å². The van der Waals surface area contributed by atoms with Gasteiger partial charge in [-0.05, 0) is 36.4 Å². The van der Waals surface area contributed by atoms with Crippen LogP contribution in [0.5, 0.6) is 17.2 Å². The van der Waals surface area contributed by atoms with Crippen molar-refractivity contribution in [3.8, 4) is 17.2 Å². The third kappa shape index (κ3) is 5.65. The smallest absolute Gasteiger partial charge is 0.266 e. The monoisotopic (exact) mass is 505 g/mol. The fourth-order valence-corrected chi connectivity index (χ4v) is 4.34. The molecule has 0 atom stereocenters. The SMILES string of the molecule is C=CCN1C(=O)C(=Cc2cc(Br)ccc2OCCOc2cccc(OC)c2)SC1=S. The Bertz CT molecular complexity index is 993. The summed E-state index contributed by atoms with van der Waals surface area (Å²) in [6, 6.07) is 13.0. The zero-order valence-electron chi connectivity index (χ0n) is 16.3. The molecule has 8 heteroatoms. The Morgan fingerprint density at radius 1 is 1.17 bits per heavy atom. The molecule has 5 nitrogen and oxygen atoms in total. The molecule has 1 amide bonds. The van der Waals surface area contributed by atoms with Gasteiger partial charge in [0.1, 0.15) is 34.8 Å². The van der Waals surface area contributed by atoms with Crippen LogP contribution in [-0.4, -0.2) is 42.0 Å². The second-order valence-electron chi connectivity index (χ2n) is 6.14. The molecule has 0 spiro atoms. The van der Waals surface area contributed by atoms with Gasteiger partial charge in [0.05, 0.1) is 12.0 Å². The van der Waals surface area contributed by atoms with Crippen molar-refractivity contribution < 1.29 is 19.0 Å². The van der Waals surface area contributed by atoms with Gasteiger partial charge in [0, 0.05) is 22.6 Å². The van der Waals surface area contributed by atoms with Gasteiger partial charge in [0.25, 0.3) is 5.91 Å². The van der Waals surface area contributed by atoms with Crippen molar-refractivity contribution in [1.82, 2.24) is 4.90 Å². The van der Waals surface area contributed by atoms with Crippen LogP contribution in [0.2, 0.25) is 0 Å². The first-order valence-corrected chi connectivity index (χ1v) is 11.1. The van der Waals surface area contributed by atoms with E-state index in [4.69, 9.17) is 26.4 Å². The van der Waals surface area contributed by atoms with Gasteiger partial charge in [-0.25, -0.2) is 0 Å². The van der Waals surface area contributed by atoms with E-state index in [9.17, 15) is 4.79 Å². The number of thiocarbonyl (C=S) groups is 1. The predicted molar refractivity (Wildman–Crippen MR) is 128 cm³/mol. The number of carbonyl (C=O) groups is 1. The van der Waals surface area contributed by atoms with Gasteiger partial charge in [-0.15, -0.1) is 6.58 Å². The average Bonchev–Trinajstić information content (AvgIpc) is 3.00. The first-order chi connectivity index (χ1) is 14.5. The molecule has 156 valence electrons. The van der Waals surface area contributed by atoms with Crippen molar-refractivity contribution in [2.45, 2.75) is 0 Å². The topological polar surface area (TPSA) is 48.0 Å². The summed E-state index contributed by atoms with van der Waals surface area (Å²) in [4.78, 5) is 14.7. The first kappa shape index (κ1) is 22.4. The van der Waals surface area contributed by atoms with E-state index in [1.165, 1.54) is 16.7 Å². The van der Waals surface area contributed by atoms with Crippen LogP contribution in [0.25, 0.3) is 6.08 Å². The molecule has 1 aliphatic heterocycles. The third-order valence-electron chi connectivity index (χ3n) is 4.09. The van der Waals surface area contributed by atoms with Crippen molar-refractivity contribution in [2.24, 2.45) is 0 Å². The van der Waals surface area contributed by atoms with Crippen LogP contribution in [0, 0.1) is 0 Å². The fraction of sp³-hybridized carbons (Fsp3) is 0.182. The number of hydrogen-bond donors (Lipinski definition) is 0. The average molecular weight is 506 g/mol. The lowest BCUT2D eigenvalue weighted by molar-refractivity contribution is -0.121. The summed E-state index contributed by atoms with van der Waals surface area (Å²) in [5, 5.41) is 0. The molecule has 1 aliphatic rings. The van der Waals surface area contributed by atoms with Gasteiger partial charge in [-0.1, -0.05) is 52.1 Å². The minimum absolute atomic E-state index is 0.128. The van der Waals surface area contributed by atoms with Crippen molar-refractivity contribution in [2.75, 3.05) is 26.9 Å². The Labute approximate surface area is 193 Å². The Kier molecular flexibility index (Phi) is 7.95. The number of hydrogen-bond acceptors (Lipinski definition) is 6. The van der Waals surface area contributed by atoms with E-state index in [1.54, 1.807) is 19.3 Å². The van der Waals surface area contributed by atoms with E-state index in [-0.39, 0.29) is 5.91 Å². The molecule has 1 heterocycles. The highest BCUT2D eigenvalue weighted by Gasteiger charge is 2.31. The normalized spacial score (nSPS) is 14.9. The molecule has 0 saturated carbocycles. The molecule has 0 radical (unpaired) electrons. The number of ether oxygens (including phenoxy) is 3. The zero-order chi connectivity index (χ0) is 21.5. The number of benzene rings is 2. The maximum absolute atomic E-state index is 12.6. The maximum Gasteiger partial charge on any atom is 0.266 e. The number of rotatable bonds is 9. The molecule has 3 rings (SSSR count). The van der Waals surface area contributed by atoms with Crippen molar-refractivity contribution >= 4 is 56.2 Å². The van der Waals surface area contributed by atoms with Crippen LogP contribution in [-0.2, 0) is 4.79 Å². The lowest BCUT2D eigenvalue weighted by Gasteiger charge is -2.12. The molecule has 0 unspecified atom stereocenters. The first-order valence-electron chi connectivity index (χ1n) is 9.07. The zero-order valence-corrected chi connectivity index (χ0v) is 19.5. The highest BCUT2D eigenvalue weighted by atomic mass is 79.9. The molecule has 1 saturated heterocycles. The van der Waals surface area contributed by atoms with Gasteiger partial charge >= 0.3 is 0 Å². The Morgan fingerprint density at radius 2 is 1.93 bits per heavy atom. The third-order valence-corrected chi connectivity index (χ3v) is 5.97. The Balaban J connectivity index is 1.67. The quantitative estimate of drug-likeness (QED) is 0.199. The lowest BCUT2D eigenvalue weighted by atomic mass is 10.2. The van der Waals surface area contributed by atoms with Crippen LogP contribution in [0.3, 0.4) is 0 Å². The summed E-state index contributed by atoms with van der Waals surface area (Å²) in [6.45, 7) is 4.78. The summed E-state index contributed by atoms with van der Waals surface area (Å²) in [7, 11) is 1.61. The highest BCUT2D eigenvalue weighted by molar-refractivity contribution is 9.10. The maximum atomic E-state index is 12.6. The van der Waals surface area contributed by atoms with E-state index in [2.05, 4.69) is 22.5 Å². The second-order valence-corrected chi connectivity index (χ2v) is 8.73. The van der Waals surface area contributed by atoms with Gasteiger partial charge < -0.3 is 14.2 Å². The van der Waals surface area contributed by atoms with E-state index in [0.29, 0.717) is 40.5 Å². The molecule has 2 aromatic carbocycles. The van der Waals surface area contributed by atoms with Crippen molar-refractivity contribution in [1.29, 1.82) is 0 Å². The Hall–Kier alpha value is -2.29. The van der Waals surface area contributed by atoms with E-state index < -0.39 is 0 Å². The summed E-state index contributed by atoms with van der Waals surface area (Å²) in [5.41, 5.74) is 0.782. The van der Waals surface area contributed by atoms with Crippen LogP contribution in [0.15, 0.2) is 64.5 Å². The standard InChI is InChI=1S/C22H20BrNO4S2/c1-3-9-24-21(25)20(30-22(24)29)13-15-12-16(23)7-8-19(15)28-11-10-27-18-6-4-5-17(14-18)26-2/h3-8,12-14H,1,9-11H2,2H3. The molecule has 0 N–H and O–H groups in total. The van der Waals surface area contributed by atoms with Gasteiger partial charge in [-0.2, -0.15) is 0 Å². The molecule has 2 aromatic rings. The minimum Gasteiger partial charge on any atom is -0.497 e. The van der Waals surface area contributed by atoms with Crippen molar-refractivity contribution in [3.05, 3.63) is 70.1 Å². The van der Waals surface area contributed by atoms with E-state index >= 15 is 0 Å². The molecule has 0 aromatic heterocycles. The molecule has 0 bridgehead atoms.